The molecule has 1 unspecified atom stereocenters. The van der Waals surface area contributed by atoms with Crippen LogP contribution in [0.5, 0.6) is 0 Å². The molecule has 0 fully saturated rings. The molecule has 0 saturated heterocycles. The second-order valence-corrected chi connectivity index (χ2v) is 9.75. The van der Waals surface area contributed by atoms with Crippen LogP contribution in [0.25, 0.3) is 4.85 Å². The van der Waals surface area contributed by atoms with E-state index in [9.17, 15) is 42.7 Å². The predicted molar refractivity (Wildman–Crippen MR) is 105 cm³/mol. The number of amides is 1. The summed E-state index contributed by atoms with van der Waals surface area (Å²) in [5.41, 5.74) is -3.59. The van der Waals surface area contributed by atoms with Crippen LogP contribution in [0.15, 0.2) is 47.4 Å². The van der Waals surface area contributed by atoms with Crippen LogP contribution in [-0.2, 0) is 12.6 Å². The number of carbonyl (C=O) groups is 1. The number of halogens is 8. The molecule has 13 heteroatoms. The Balaban J connectivity index is 2.24. The number of carbonyl (C=O) groups excluding carboxylic acids is 1. The summed E-state index contributed by atoms with van der Waals surface area (Å²) in [6.07, 6.45) is -5.44. The lowest BCUT2D eigenvalue weighted by Crippen LogP contribution is -2.45. The summed E-state index contributed by atoms with van der Waals surface area (Å²) < 4.78 is 104. The average Bonchev–Trinajstić information content (AvgIpc) is 2.69. The Labute approximate surface area is 183 Å². The Morgan fingerprint density at radius 3 is 2.12 bits per heavy atom. The maximum Gasteiger partial charge on any atom is 0.416 e. The number of nitrogens with zero attached hydrogens (tertiary/aromatic N) is 2. The first kappa shape index (κ1) is 25.9. The Kier molecular flexibility index (Phi) is 5.99. The molecule has 0 radical (unpaired) electrons. The van der Waals surface area contributed by atoms with Gasteiger partial charge in [0.2, 0.25) is 0 Å². The molecule has 0 aliphatic heterocycles. The molecule has 1 N–H and O–H groups in total. The minimum absolute atomic E-state index is 0.0334. The van der Waals surface area contributed by atoms with Crippen molar-refractivity contribution in [1.29, 1.82) is 5.26 Å². The summed E-state index contributed by atoms with van der Waals surface area (Å²) in [7, 11) is -9.93. The number of nitrogens with one attached hydrogen (secondary N) is 1. The lowest BCUT2D eigenvalue weighted by molar-refractivity contribution is -0.138. The van der Waals surface area contributed by atoms with Crippen molar-refractivity contribution in [3.63, 3.8) is 0 Å². The maximum absolute atomic E-state index is 13.2. The van der Waals surface area contributed by atoms with Gasteiger partial charge < -0.3 is 5.32 Å². The molecule has 0 saturated carbocycles. The van der Waals surface area contributed by atoms with Crippen LogP contribution in [0.1, 0.15) is 34.8 Å². The quantitative estimate of drug-likeness (QED) is 0.331. The predicted octanol–water partition coefficient (Wildman–Crippen LogP) is 7.56. The largest absolute Gasteiger partial charge is 0.416 e. The molecule has 0 heterocycles. The second kappa shape index (κ2) is 7.63. The highest BCUT2D eigenvalue weighted by Gasteiger charge is 2.65. The van der Waals surface area contributed by atoms with Gasteiger partial charge in [-0.1, -0.05) is 37.6 Å². The van der Waals surface area contributed by atoms with Gasteiger partial charge in [-0.25, -0.2) is 4.85 Å². The molecule has 2 rings (SSSR count). The summed E-state index contributed by atoms with van der Waals surface area (Å²) in [5, 5.41) is 11.6. The third kappa shape index (κ3) is 6.58. The molecule has 0 aromatic heterocycles. The van der Waals surface area contributed by atoms with Gasteiger partial charge in [0.15, 0.2) is 5.69 Å². The first-order chi connectivity index (χ1) is 14.8. The van der Waals surface area contributed by atoms with Gasteiger partial charge in [-0.15, -0.1) is 0 Å². The number of hydrogen-bond donors (Lipinski definition) is 1. The molecule has 4 nitrogen and oxygen atoms in total. The summed E-state index contributed by atoms with van der Waals surface area (Å²) in [6.45, 7) is 8.12. The zero-order chi connectivity index (χ0) is 25.4. The number of aryl methyl sites for hydroxylation is 1. The van der Waals surface area contributed by atoms with Crippen LogP contribution >= 0.6 is 10.2 Å². The first-order valence-electron chi connectivity index (χ1n) is 8.93. The van der Waals surface area contributed by atoms with Crippen LogP contribution in [0.4, 0.5) is 38.3 Å². The molecule has 2 aromatic rings. The zero-order valence-corrected chi connectivity index (χ0v) is 17.5. The number of rotatable bonds is 6. The lowest BCUT2D eigenvalue weighted by Gasteiger charge is -2.40. The molecule has 1 atom stereocenters. The standard InChI is InChI=1S/C20H15F8N3OS/c1-19(12-29,10-9-14-11-15(30-2)5-8-17(14)20(21,22)23)31-18(32)13-3-6-16(7-4-13)33(24,25,26,27)28/h3-8,11H,9-10H2,1H3,(H,31,32). The highest BCUT2D eigenvalue weighted by Crippen LogP contribution is 3.02. The van der Waals surface area contributed by atoms with Crippen LogP contribution in [0.3, 0.4) is 0 Å². The lowest BCUT2D eigenvalue weighted by atomic mass is 9.92. The van der Waals surface area contributed by atoms with Crippen molar-refractivity contribution in [3.05, 3.63) is 70.6 Å². The van der Waals surface area contributed by atoms with E-state index >= 15 is 0 Å². The highest BCUT2D eigenvalue weighted by molar-refractivity contribution is 8.45. The number of benzene rings is 2. The van der Waals surface area contributed by atoms with Crippen LogP contribution in [0.2, 0.25) is 0 Å². The van der Waals surface area contributed by atoms with E-state index in [2.05, 4.69) is 10.2 Å². The Bertz CT molecular complexity index is 1160. The normalized spacial score (nSPS) is 15.8. The number of hydrogen-bond acceptors (Lipinski definition) is 2. The smallest absolute Gasteiger partial charge is 0.334 e. The van der Waals surface area contributed by atoms with Crippen molar-refractivity contribution in [1.82, 2.24) is 5.32 Å². The van der Waals surface area contributed by atoms with Gasteiger partial charge in [-0.3, -0.25) is 4.79 Å². The van der Waals surface area contributed by atoms with Crippen molar-refractivity contribution >= 4 is 21.8 Å². The van der Waals surface area contributed by atoms with Crippen LogP contribution < -0.4 is 5.32 Å². The summed E-state index contributed by atoms with van der Waals surface area (Å²) in [4.78, 5) is 13.2. The van der Waals surface area contributed by atoms with Crippen molar-refractivity contribution in [2.24, 2.45) is 0 Å². The van der Waals surface area contributed by atoms with E-state index in [0.29, 0.717) is 12.1 Å². The SMILES string of the molecule is [C-]#[N+]c1ccc(C(F)(F)F)c(CCC(C)(C#N)NC(=O)c2ccc(S(F)(F)(F)(F)F)cc2)c1. The molecule has 2 aromatic carbocycles. The summed E-state index contributed by atoms with van der Waals surface area (Å²) in [5.74, 6) is -1.08. The van der Waals surface area contributed by atoms with Gasteiger partial charge in [-0.05, 0) is 49.6 Å². The van der Waals surface area contributed by atoms with Gasteiger partial charge in [0.05, 0.1) is 18.2 Å². The molecular weight excluding hydrogens is 482 g/mol. The minimum Gasteiger partial charge on any atom is -0.334 e. The van der Waals surface area contributed by atoms with E-state index in [1.807, 2.05) is 0 Å². The molecule has 0 aliphatic rings. The van der Waals surface area contributed by atoms with E-state index in [-0.39, 0.29) is 36.2 Å². The van der Waals surface area contributed by atoms with Crippen molar-refractivity contribution < 1.29 is 37.4 Å². The average molecular weight is 497 g/mol. The topological polar surface area (TPSA) is 57.2 Å². The highest BCUT2D eigenvalue weighted by atomic mass is 32.5. The van der Waals surface area contributed by atoms with Gasteiger partial charge in [-0.2, -0.15) is 18.4 Å². The molecule has 0 spiro atoms. The Hall–Kier alpha value is -3.32. The van der Waals surface area contributed by atoms with Crippen molar-refractivity contribution in [3.8, 4) is 6.07 Å². The Morgan fingerprint density at radius 2 is 1.67 bits per heavy atom. The molecule has 1 amide bonds. The molecule has 0 bridgehead atoms. The monoisotopic (exact) mass is 497 g/mol. The fourth-order valence-electron chi connectivity index (χ4n) is 2.85. The molecule has 33 heavy (non-hydrogen) atoms. The second-order valence-electron chi connectivity index (χ2n) is 7.34. The van der Waals surface area contributed by atoms with Crippen molar-refractivity contribution in [2.75, 3.05) is 0 Å². The zero-order valence-electron chi connectivity index (χ0n) is 16.7. The van der Waals surface area contributed by atoms with Gasteiger partial charge >= 0.3 is 16.4 Å². The van der Waals surface area contributed by atoms with Gasteiger partial charge in [0, 0.05) is 5.56 Å². The van der Waals surface area contributed by atoms with E-state index in [1.54, 1.807) is 6.07 Å². The molecular formula is C20H15F8N3OS. The van der Waals surface area contributed by atoms with E-state index in [1.165, 1.54) is 6.92 Å². The molecule has 178 valence electrons. The third-order valence-corrected chi connectivity index (χ3v) is 5.78. The fourth-order valence-corrected chi connectivity index (χ4v) is 3.50. The summed E-state index contributed by atoms with van der Waals surface area (Å²) in [6, 6.07) is 5.51. The number of nitriles is 1. The fraction of sp³-hybridized carbons (Fsp3) is 0.250. The molecule has 0 aliphatic carbocycles. The summed E-state index contributed by atoms with van der Waals surface area (Å²) >= 11 is 0. The van der Waals surface area contributed by atoms with Gasteiger partial charge in [0.1, 0.15) is 10.4 Å². The van der Waals surface area contributed by atoms with Crippen LogP contribution in [0, 0.1) is 17.9 Å². The maximum atomic E-state index is 13.2. The minimum atomic E-state index is -9.93. The van der Waals surface area contributed by atoms with Crippen molar-refractivity contribution in [2.45, 2.75) is 36.4 Å². The number of alkyl halides is 3. The van der Waals surface area contributed by atoms with Gasteiger partial charge in [0.25, 0.3) is 5.91 Å². The third-order valence-electron chi connectivity index (χ3n) is 4.62. The Morgan fingerprint density at radius 1 is 1.09 bits per heavy atom. The first-order valence-corrected chi connectivity index (χ1v) is 10.9. The van der Waals surface area contributed by atoms with E-state index < -0.39 is 43.9 Å². The van der Waals surface area contributed by atoms with E-state index in [4.69, 9.17) is 6.57 Å². The van der Waals surface area contributed by atoms with E-state index in [0.717, 1.165) is 18.2 Å². The van der Waals surface area contributed by atoms with Crippen LogP contribution in [-0.4, -0.2) is 11.4 Å².